The van der Waals surface area contributed by atoms with E-state index in [0.29, 0.717) is 0 Å². The predicted molar refractivity (Wildman–Crippen MR) is 86.7 cm³/mol. The number of ether oxygens (including phenoxy) is 1. The molecule has 4 nitrogen and oxygen atoms in total. The van der Waals surface area contributed by atoms with Gasteiger partial charge in [-0.15, -0.1) is 11.3 Å². The molecule has 3 rings (SSSR count). The van der Waals surface area contributed by atoms with E-state index in [9.17, 15) is 4.79 Å². The van der Waals surface area contributed by atoms with Crippen LogP contribution in [0.25, 0.3) is 10.6 Å². The normalized spacial score (nSPS) is 21.5. The first kappa shape index (κ1) is 15.2. The molecule has 0 saturated carbocycles. The van der Waals surface area contributed by atoms with Gasteiger partial charge in [-0.2, -0.15) is 0 Å². The zero-order valence-electron chi connectivity index (χ0n) is 12.7. The summed E-state index contributed by atoms with van der Waals surface area (Å²) in [6, 6.07) is 10.3. The van der Waals surface area contributed by atoms with Gasteiger partial charge in [-0.3, -0.25) is 4.79 Å². The second kappa shape index (κ2) is 7.03. The van der Waals surface area contributed by atoms with Gasteiger partial charge in [0.1, 0.15) is 17.2 Å². The number of rotatable bonds is 4. The van der Waals surface area contributed by atoms with Gasteiger partial charge in [0.15, 0.2) is 0 Å². The maximum Gasteiger partial charge on any atom is 0.309 e. The van der Waals surface area contributed by atoms with Gasteiger partial charge >= 0.3 is 5.97 Å². The molecule has 1 aromatic heterocycles. The molecule has 1 fully saturated rings. The SMILES string of the molecule is COC(=O)C1CC[NH+](Cc2csc(-c3ccccc3)n2)CC1. The number of nitrogens with one attached hydrogen (secondary N) is 1. The molecule has 0 bridgehead atoms. The molecule has 116 valence electrons. The number of likely N-dealkylation sites (tertiary alicyclic amines) is 1. The maximum absolute atomic E-state index is 11.5. The van der Waals surface area contributed by atoms with Crippen LogP contribution in [0.5, 0.6) is 0 Å². The molecule has 2 aromatic rings. The lowest BCUT2D eigenvalue weighted by Gasteiger charge is -2.27. The van der Waals surface area contributed by atoms with Crippen LogP contribution in [0, 0.1) is 5.92 Å². The topological polar surface area (TPSA) is 43.6 Å². The van der Waals surface area contributed by atoms with Gasteiger partial charge in [0.05, 0.1) is 26.1 Å². The van der Waals surface area contributed by atoms with Gasteiger partial charge in [0.2, 0.25) is 0 Å². The summed E-state index contributed by atoms with van der Waals surface area (Å²) in [5, 5.41) is 3.24. The molecule has 0 radical (unpaired) electrons. The second-order valence-electron chi connectivity index (χ2n) is 5.73. The monoisotopic (exact) mass is 317 g/mol. The van der Waals surface area contributed by atoms with E-state index in [1.165, 1.54) is 17.6 Å². The summed E-state index contributed by atoms with van der Waals surface area (Å²) in [7, 11) is 1.47. The molecule has 22 heavy (non-hydrogen) atoms. The van der Waals surface area contributed by atoms with Crippen LogP contribution in [-0.2, 0) is 16.1 Å². The van der Waals surface area contributed by atoms with Crippen LogP contribution in [0.4, 0.5) is 0 Å². The fourth-order valence-corrected chi connectivity index (χ4v) is 3.79. The van der Waals surface area contributed by atoms with Crippen molar-refractivity contribution in [1.82, 2.24) is 4.98 Å². The molecule has 1 saturated heterocycles. The highest BCUT2D eigenvalue weighted by Gasteiger charge is 2.28. The van der Waals surface area contributed by atoms with Crippen molar-refractivity contribution < 1.29 is 14.4 Å². The van der Waals surface area contributed by atoms with Crippen LogP contribution < -0.4 is 4.90 Å². The summed E-state index contributed by atoms with van der Waals surface area (Å²) in [6.45, 7) is 2.97. The minimum atomic E-state index is -0.0564. The van der Waals surface area contributed by atoms with Crippen molar-refractivity contribution in [2.75, 3.05) is 20.2 Å². The fraction of sp³-hybridized carbons (Fsp3) is 0.412. The largest absolute Gasteiger partial charge is 0.469 e. The fourth-order valence-electron chi connectivity index (χ4n) is 2.96. The van der Waals surface area contributed by atoms with Crippen molar-refractivity contribution in [3.8, 4) is 10.6 Å². The molecular formula is C17H21N2O2S+. The summed E-state index contributed by atoms with van der Waals surface area (Å²) in [4.78, 5) is 17.8. The van der Waals surface area contributed by atoms with Gasteiger partial charge in [0.25, 0.3) is 0 Å². The van der Waals surface area contributed by atoms with Crippen LogP contribution in [0.15, 0.2) is 35.7 Å². The molecule has 5 heteroatoms. The standard InChI is InChI=1S/C17H20N2O2S/c1-21-17(20)14-7-9-19(10-8-14)11-15-12-22-16(18-15)13-5-3-2-4-6-13/h2-6,12,14H,7-11H2,1H3/p+1. The molecule has 0 spiro atoms. The molecule has 1 aliphatic rings. The van der Waals surface area contributed by atoms with Crippen molar-refractivity contribution in [3.63, 3.8) is 0 Å². The number of benzene rings is 1. The van der Waals surface area contributed by atoms with E-state index >= 15 is 0 Å². The van der Waals surface area contributed by atoms with Crippen LogP contribution in [0.3, 0.4) is 0 Å². The Morgan fingerprint density at radius 2 is 2.05 bits per heavy atom. The number of aromatic nitrogens is 1. The number of nitrogens with zero attached hydrogens (tertiary/aromatic N) is 1. The van der Waals surface area contributed by atoms with E-state index in [1.807, 2.05) is 18.2 Å². The van der Waals surface area contributed by atoms with Gasteiger partial charge in [-0.25, -0.2) is 4.98 Å². The first-order valence-electron chi connectivity index (χ1n) is 7.67. The summed E-state index contributed by atoms with van der Waals surface area (Å²) in [5.74, 6) is 0.0307. The summed E-state index contributed by atoms with van der Waals surface area (Å²) in [5.41, 5.74) is 2.33. The predicted octanol–water partition coefficient (Wildman–Crippen LogP) is 1.78. The minimum Gasteiger partial charge on any atom is -0.469 e. The van der Waals surface area contributed by atoms with Gasteiger partial charge in [0, 0.05) is 23.8 Å². The first-order chi connectivity index (χ1) is 10.8. The zero-order chi connectivity index (χ0) is 15.4. The lowest BCUT2D eigenvalue weighted by atomic mass is 9.97. The highest BCUT2D eigenvalue weighted by atomic mass is 32.1. The van der Waals surface area contributed by atoms with Crippen LogP contribution in [0.2, 0.25) is 0 Å². The average molecular weight is 317 g/mol. The Balaban J connectivity index is 1.57. The summed E-state index contributed by atoms with van der Waals surface area (Å²) in [6.07, 6.45) is 1.83. The number of esters is 1. The van der Waals surface area contributed by atoms with Crippen molar-refractivity contribution in [2.45, 2.75) is 19.4 Å². The quantitative estimate of drug-likeness (QED) is 0.874. The van der Waals surface area contributed by atoms with Crippen LogP contribution in [-0.4, -0.2) is 31.2 Å². The van der Waals surface area contributed by atoms with E-state index in [1.54, 1.807) is 11.3 Å². The number of hydrogen-bond acceptors (Lipinski definition) is 4. The van der Waals surface area contributed by atoms with Crippen LogP contribution in [0.1, 0.15) is 18.5 Å². The molecule has 1 N–H and O–H groups in total. The first-order valence-corrected chi connectivity index (χ1v) is 8.55. The number of thiazole rings is 1. The molecule has 2 heterocycles. The molecule has 0 amide bonds. The van der Waals surface area contributed by atoms with E-state index < -0.39 is 0 Å². The van der Waals surface area contributed by atoms with E-state index in [-0.39, 0.29) is 11.9 Å². The Kier molecular flexibility index (Phi) is 4.85. The van der Waals surface area contributed by atoms with Gasteiger partial charge in [-0.1, -0.05) is 30.3 Å². The van der Waals surface area contributed by atoms with E-state index in [4.69, 9.17) is 9.72 Å². The second-order valence-corrected chi connectivity index (χ2v) is 6.59. The maximum atomic E-state index is 11.5. The van der Waals surface area contributed by atoms with Crippen LogP contribution >= 0.6 is 11.3 Å². The lowest BCUT2D eigenvalue weighted by Crippen LogP contribution is -3.11. The highest BCUT2D eigenvalue weighted by Crippen LogP contribution is 2.23. The minimum absolute atomic E-state index is 0.0564. The molecule has 0 aliphatic carbocycles. The Labute approximate surface area is 134 Å². The number of hydrogen-bond donors (Lipinski definition) is 1. The van der Waals surface area contributed by atoms with Crippen molar-refractivity contribution in [1.29, 1.82) is 0 Å². The Morgan fingerprint density at radius 1 is 1.32 bits per heavy atom. The van der Waals surface area contributed by atoms with Gasteiger partial charge < -0.3 is 9.64 Å². The number of methoxy groups -OCH3 is 1. The number of carbonyl (C=O) groups excluding carboxylic acids is 1. The third-order valence-corrected chi connectivity index (χ3v) is 5.17. The molecule has 0 unspecified atom stereocenters. The Hall–Kier alpha value is -1.72. The Morgan fingerprint density at radius 3 is 2.73 bits per heavy atom. The van der Waals surface area contributed by atoms with E-state index in [0.717, 1.165) is 43.2 Å². The molecule has 1 aromatic carbocycles. The van der Waals surface area contributed by atoms with E-state index in [2.05, 4.69) is 17.5 Å². The van der Waals surface area contributed by atoms with Gasteiger partial charge in [-0.05, 0) is 0 Å². The van der Waals surface area contributed by atoms with Crippen molar-refractivity contribution in [2.24, 2.45) is 5.92 Å². The molecule has 1 aliphatic heterocycles. The smallest absolute Gasteiger partial charge is 0.309 e. The molecular weight excluding hydrogens is 296 g/mol. The number of quaternary nitrogens is 1. The zero-order valence-corrected chi connectivity index (χ0v) is 13.6. The third kappa shape index (κ3) is 3.54. The number of piperidine rings is 1. The lowest BCUT2D eigenvalue weighted by molar-refractivity contribution is -0.919. The molecule has 0 atom stereocenters. The third-order valence-electron chi connectivity index (χ3n) is 4.23. The van der Waals surface area contributed by atoms with Crippen molar-refractivity contribution in [3.05, 3.63) is 41.4 Å². The van der Waals surface area contributed by atoms with Crippen molar-refractivity contribution >= 4 is 17.3 Å². The Bertz CT molecular complexity index is 619. The number of carbonyl (C=O) groups is 1. The highest BCUT2D eigenvalue weighted by molar-refractivity contribution is 7.13. The summed E-state index contributed by atoms with van der Waals surface area (Å²) < 4.78 is 4.84. The summed E-state index contributed by atoms with van der Waals surface area (Å²) >= 11 is 1.70. The average Bonchev–Trinajstić information content (AvgIpc) is 3.04.